The third-order valence-corrected chi connectivity index (χ3v) is 6.75. The van der Waals surface area contributed by atoms with Crippen molar-refractivity contribution in [2.75, 3.05) is 0 Å². The molecule has 0 aliphatic carbocycles. The number of phenolic OH excluding ortho intramolecular Hbond substituents is 1. The molecule has 220 valence electrons. The number of rotatable bonds is 11. The van der Waals surface area contributed by atoms with E-state index in [0.717, 1.165) is 35.1 Å². The second-order valence-electron chi connectivity index (χ2n) is 11.8. The first-order chi connectivity index (χ1) is 18.6. The van der Waals surface area contributed by atoms with Crippen molar-refractivity contribution in [1.82, 2.24) is 15.5 Å². The molecule has 0 saturated carbocycles. The molecular weight excluding hydrogens is 506 g/mol. The van der Waals surface area contributed by atoms with Crippen LogP contribution in [0, 0.1) is 13.8 Å². The van der Waals surface area contributed by atoms with Crippen LogP contribution in [-0.2, 0) is 20.7 Å². The number of benzene rings is 2. The Balaban J connectivity index is 2.60. The van der Waals surface area contributed by atoms with E-state index in [-0.39, 0.29) is 30.2 Å². The summed E-state index contributed by atoms with van der Waals surface area (Å²) in [5, 5.41) is 15.6. The first-order valence-corrected chi connectivity index (χ1v) is 14.1. The minimum Gasteiger partial charge on any atom is -0.508 e. The zero-order chi connectivity index (χ0) is 30.2. The van der Waals surface area contributed by atoms with Crippen molar-refractivity contribution < 1.29 is 24.2 Å². The van der Waals surface area contributed by atoms with Crippen LogP contribution in [0.2, 0.25) is 0 Å². The molecule has 3 amide bonds. The van der Waals surface area contributed by atoms with Crippen LogP contribution in [0.15, 0.2) is 42.5 Å². The monoisotopic (exact) mass is 553 g/mol. The molecule has 2 rings (SSSR count). The lowest BCUT2D eigenvalue weighted by atomic mass is 9.93. The molecule has 0 aromatic heterocycles. The van der Waals surface area contributed by atoms with E-state index >= 15 is 0 Å². The van der Waals surface area contributed by atoms with Crippen LogP contribution < -0.4 is 10.6 Å². The van der Waals surface area contributed by atoms with E-state index in [4.69, 9.17) is 4.74 Å². The molecule has 0 aliphatic heterocycles. The molecule has 8 heteroatoms. The zero-order valence-corrected chi connectivity index (χ0v) is 25.5. The molecule has 3 N–H and O–H groups in total. The van der Waals surface area contributed by atoms with Crippen molar-refractivity contribution in [2.45, 2.75) is 111 Å². The normalized spacial score (nSPS) is 13.8. The van der Waals surface area contributed by atoms with Crippen LogP contribution in [0.3, 0.4) is 0 Å². The summed E-state index contributed by atoms with van der Waals surface area (Å²) < 4.78 is 5.48. The van der Waals surface area contributed by atoms with Crippen LogP contribution in [0.4, 0.5) is 4.79 Å². The number of aryl methyl sites for hydroxylation is 1. The number of carbonyl (C=O) groups excluding carboxylic acids is 3. The van der Waals surface area contributed by atoms with Gasteiger partial charge in [0.25, 0.3) is 0 Å². The fraction of sp³-hybridized carbons (Fsp3) is 0.531. The number of amides is 3. The van der Waals surface area contributed by atoms with E-state index in [9.17, 15) is 19.5 Å². The molecule has 2 aromatic rings. The van der Waals surface area contributed by atoms with E-state index in [0.29, 0.717) is 0 Å². The SMILES string of the molecule is CCCC(C)NC(=O)C(c1cccc(C)c1C)N(C(=O)C(Cc1ccc(O)cc1)NC(=O)OC(C)(C)C)C(C)C. The number of ether oxygens (including phenoxy) is 1. The first kappa shape index (κ1) is 32.7. The molecule has 3 atom stereocenters. The predicted octanol–water partition coefficient (Wildman–Crippen LogP) is 5.73. The molecule has 0 aliphatic rings. The van der Waals surface area contributed by atoms with Crippen molar-refractivity contribution >= 4 is 17.9 Å². The maximum absolute atomic E-state index is 14.4. The van der Waals surface area contributed by atoms with E-state index in [1.807, 2.05) is 52.8 Å². The number of nitrogens with zero attached hydrogens (tertiary/aromatic N) is 1. The fourth-order valence-electron chi connectivity index (χ4n) is 4.69. The highest BCUT2D eigenvalue weighted by atomic mass is 16.6. The lowest BCUT2D eigenvalue weighted by molar-refractivity contribution is -0.144. The van der Waals surface area contributed by atoms with Gasteiger partial charge in [0.05, 0.1) is 0 Å². The van der Waals surface area contributed by atoms with Crippen LogP contribution in [0.1, 0.15) is 89.6 Å². The van der Waals surface area contributed by atoms with Gasteiger partial charge in [0.1, 0.15) is 23.4 Å². The Kier molecular flexibility index (Phi) is 11.6. The van der Waals surface area contributed by atoms with Gasteiger partial charge in [-0.1, -0.05) is 43.7 Å². The number of alkyl carbamates (subject to hydrolysis) is 1. The summed E-state index contributed by atoms with van der Waals surface area (Å²) in [5.41, 5.74) is 2.66. The number of aromatic hydroxyl groups is 1. The van der Waals surface area contributed by atoms with Gasteiger partial charge in [-0.3, -0.25) is 9.59 Å². The number of phenols is 1. The van der Waals surface area contributed by atoms with Crippen LogP contribution in [0.25, 0.3) is 0 Å². The lowest BCUT2D eigenvalue weighted by Crippen LogP contribution is -2.56. The van der Waals surface area contributed by atoms with E-state index in [1.165, 1.54) is 12.1 Å². The van der Waals surface area contributed by atoms with Gasteiger partial charge < -0.3 is 25.4 Å². The molecule has 8 nitrogen and oxygen atoms in total. The van der Waals surface area contributed by atoms with Gasteiger partial charge in [-0.2, -0.15) is 0 Å². The molecule has 0 saturated heterocycles. The van der Waals surface area contributed by atoms with Gasteiger partial charge in [0.2, 0.25) is 11.8 Å². The van der Waals surface area contributed by atoms with Crippen molar-refractivity contribution in [3.05, 3.63) is 64.7 Å². The molecule has 0 heterocycles. The van der Waals surface area contributed by atoms with Crippen molar-refractivity contribution in [2.24, 2.45) is 0 Å². The van der Waals surface area contributed by atoms with Gasteiger partial charge in [-0.05, 0) is 96.2 Å². The molecule has 40 heavy (non-hydrogen) atoms. The van der Waals surface area contributed by atoms with Crippen molar-refractivity contribution in [3.63, 3.8) is 0 Å². The summed E-state index contributed by atoms with van der Waals surface area (Å²) in [5.74, 6) is -0.570. The average molecular weight is 554 g/mol. The third kappa shape index (κ3) is 9.28. The molecule has 0 bridgehead atoms. The van der Waals surface area contributed by atoms with E-state index in [2.05, 4.69) is 17.6 Å². The second-order valence-corrected chi connectivity index (χ2v) is 11.8. The molecule has 2 aromatic carbocycles. The summed E-state index contributed by atoms with van der Waals surface area (Å²) in [6.45, 7) is 16.9. The van der Waals surface area contributed by atoms with E-state index < -0.39 is 29.7 Å². The Hall–Kier alpha value is -3.55. The number of hydrogen-bond acceptors (Lipinski definition) is 5. The van der Waals surface area contributed by atoms with Crippen LogP contribution in [0.5, 0.6) is 5.75 Å². The Morgan fingerprint density at radius 1 is 0.975 bits per heavy atom. The minimum atomic E-state index is -1.02. The topological polar surface area (TPSA) is 108 Å². The lowest BCUT2D eigenvalue weighted by Gasteiger charge is -2.38. The van der Waals surface area contributed by atoms with E-state index in [1.54, 1.807) is 37.8 Å². The van der Waals surface area contributed by atoms with Gasteiger partial charge in [0.15, 0.2) is 0 Å². The highest BCUT2D eigenvalue weighted by Crippen LogP contribution is 2.30. The Morgan fingerprint density at radius 3 is 2.15 bits per heavy atom. The quantitative estimate of drug-likeness (QED) is 0.329. The van der Waals surface area contributed by atoms with Gasteiger partial charge in [-0.25, -0.2) is 4.79 Å². The summed E-state index contributed by atoms with van der Waals surface area (Å²) in [4.78, 5) is 42.8. The smallest absolute Gasteiger partial charge is 0.408 e. The first-order valence-electron chi connectivity index (χ1n) is 14.1. The van der Waals surface area contributed by atoms with Gasteiger partial charge in [0, 0.05) is 18.5 Å². The van der Waals surface area contributed by atoms with Crippen LogP contribution >= 0.6 is 0 Å². The maximum Gasteiger partial charge on any atom is 0.408 e. The van der Waals surface area contributed by atoms with Gasteiger partial charge >= 0.3 is 6.09 Å². The number of carbonyl (C=O) groups is 3. The molecule has 3 unspecified atom stereocenters. The highest BCUT2D eigenvalue weighted by Gasteiger charge is 2.39. The molecule has 0 spiro atoms. The largest absolute Gasteiger partial charge is 0.508 e. The summed E-state index contributed by atoms with van der Waals surface area (Å²) >= 11 is 0. The maximum atomic E-state index is 14.4. The summed E-state index contributed by atoms with van der Waals surface area (Å²) in [7, 11) is 0. The van der Waals surface area contributed by atoms with Crippen molar-refractivity contribution in [1.29, 1.82) is 0 Å². The standard InChI is InChI=1S/C32H47N3O5/c1-10-12-22(5)33-29(37)28(26-14-11-13-21(4)23(26)6)35(20(2)3)30(38)27(34-31(39)40-32(7,8)9)19-24-15-17-25(36)18-16-24/h11,13-18,20,22,27-28,36H,10,12,19H2,1-9H3,(H,33,37)(H,34,39). The Labute approximate surface area is 239 Å². The molecular formula is C32H47N3O5. The third-order valence-electron chi connectivity index (χ3n) is 6.75. The van der Waals surface area contributed by atoms with Gasteiger partial charge in [-0.15, -0.1) is 0 Å². The highest BCUT2D eigenvalue weighted by molar-refractivity contribution is 5.93. The minimum absolute atomic E-state index is 0.0677. The Bertz CT molecular complexity index is 1150. The summed E-state index contributed by atoms with van der Waals surface area (Å²) in [6.07, 6.45) is 1.15. The molecule has 0 fully saturated rings. The fourth-order valence-corrected chi connectivity index (χ4v) is 4.69. The second kappa shape index (κ2) is 14.2. The van der Waals surface area contributed by atoms with Crippen LogP contribution in [-0.4, -0.2) is 51.6 Å². The predicted molar refractivity (Wildman–Crippen MR) is 158 cm³/mol. The number of nitrogens with one attached hydrogen (secondary N) is 2. The zero-order valence-electron chi connectivity index (χ0n) is 25.5. The van der Waals surface area contributed by atoms with Crippen molar-refractivity contribution in [3.8, 4) is 5.75 Å². The molecule has 0 radical (unpaired) electrons. The average Bonchev–Trinajstić information content (AvgIpc) is 2.83. The Morgan fingerprint density at radius 2 is 1.60 bits per heavy atom. The number of hydrogen-bond donors (Lipinski definition) is 3. The summed E-state index contributed by atoms with van der Waals surface area (Å²) in [6, 6.07) is 9.87.